The lowest BCUT2D eigenvalue weighted by atomic mass is 9.87. The van der Waals surface area contributed by atoms with E-state index in [9.17, 15) is 0 Å². The second-order valence-electron chi connectivity index (χ2n) is 8.59. The Balaban J connectivity index is 1.84. The zero-order chi connectivity index (χ0) is 22.7. The molecule has 1 aromatic heterocycles. The summed E-state index contributed by atoms with van der Waals surface area (Å²) in [6.07, 6.45) is 0. The zero-order valence-corrected chi connectivity index (χ0v) is 19.1. The number of nitrogens with zero attached hydrogens (tertiary/aromatic N) is 2. The summed E-state index contributed by atoms with van der Waals surface area (Å²) >= 11 is 0. The molecule has 0 aliphatic carbocycles. The van der Waals surface area contributed by atoms with Gasteiger partial charge in [-0.05, 0) is 53.3 Å². The number of methoxy groups -OCH3 is 2. The third-order valence-electron chi connectivity index (χ3n) is 5.27. The summed E-state index contributed by atoms with van der Waals surface area (Å²) in [6, 6.07) is 21.8. The summed E-state index contributed by atoms with van der Waals surface area (Å²) in [6.45, 7) is 6.60. The average Bonchev–Trinajstić information content (AvgIpc) is 2.81. The van der Waals surface area contributed by atoms with Crippen molar-refractivity contribution >= 4 is 11.0 Å². The Morgan fingerprint density at radius 2 is 1.31 bits per heavy atom. The minimum atomic E-state index is 0.106. The number of ether oxygens (including phenoxy) is 2. The summed E-state index contributed by atoms with van der Waals surface area (Å²) in [4.78, 5) is 9.70. The van der Waals surface area contributed by atoms with E-state index >= 15 is 0 Å². The fraction of sp³-hybridized carbons (Fsp3) is 0.214. The molecule has 4 aromatic rings. The van der Waals surface area contributed by atoms with E-state index in [2.05, 4.69) is 56.9 Å². The van der Waals surface area contributed by atoms with Gasteiger partial charge in [0.05, 0.1) is 25.3 Å². The van der Waals surface area contributed by atoms with Gasteiger partial charge in [0.25, 0.3) is 0 Å². The molecule has 0 aliphatic rings. The molecule has 4 heteroatoms. The van der Waals surface area contributed by atoms with Gasteiger partial charge in [-0.15, -0.1) is 0 Å². The number of rotatable bonds is 3. The molecule has 0 fully saturated rings. The van der Waals surface area contributed by atoms with Crippen molar-refractivity contribution in [1.82, 2.24) is 9.97 Å². The van der Waals surface area contributed by atoms with E-state index < -0.39 is 0 Å². The van der Waals surface area contributed by atoms with Crippen molar-refractivity contribution < 1.29 is 9.47 Å². The van der Waals surface area contributed by atoms with E-state index in [0.29, 0.717) is 22.9 Å². The van der Waals surface area contributed by atoms with Crippen molar-refractivity contribution in [3.05, 3.63) is 83.6 Å². The summed E-state index contributed by atoms with van der Waals surface area (Å²) in [5.74, 6) is 7.88. The third kappa shape index (κ3) is 4.58. The molecule has 3 aromatic carbocycles. The fourth-order valence-corrected chi connectivity index (χ4v) is 3.42. The fourth-order valence-electron chi connectivity index (χ4n) is 3.42. The number of aromatic nitrogens is 2. The van der Waals surface area contributed by atoms with Crippen molar-refractivity contribution in [3.8, 4) is 34.6 Å². The van der Waals surface area contributed by atoms with Crippen LogP contribution in [0.4, 0.5) is 0 Å². The first kappa shape index (κ1) is 21.4. The quantitative estimate of drug-likeness (QED) is 0.379. The van der Waals surface area contributed by atoms with Crippen LogP contribution in [0, 0.1) is 11.8 Å². The van der Waals surface area contributed by atoms with Gasteiger partial charge in [0.15, 0.2) is 0 Å². The van der Waals surface area contributed by atoms with E-state index in [0.717, 1.165) is 22.2 Å². The van der Waals surface area contributed by atoms with Crippen LogP contribution in [0.15, 0.2) is 66.7 Å². The van der Waals surface area contributed by atoms with Gasteiger partial charge in [0.2, 0.25) is 0 Å². The number of benzene rings is 3. The van der Waals surface area contributed by atoms with Gasteiger partial charge in [0.1, 0.15) is 22.9 Å². The molecule has 0 unspecified atom stereocenters. The van der Waals surface area contributed by atoms with Crippen LogP contribution in [0.3, 0.4) is 0 Å². The monoisotopic (exact) mass is 422 g/mol. The second kappa shape index (κ2) is 8.72. The van der Waals surface area contributed by atoms with Crippen LogP contribution in [0.5, 0.6) is 11.5 Å². The van der Waals surface area contributed by atoms with Gasteiger partial charge in [-0.25, -0.2) is 9.97 Å². The minimum absolute atomic E-state index is 0.106. The van der Waals surface area contributed by atoms with Crippen LogP contribution in [0.2, 0.25) is 0 Å². The molecular weight excluding hydrogens is 396 g/mol. The van der Waals surface area contributed by atoms with Crippen molar-refractivity contribution in [2.45, 2.75) is 26.2 Å². The Labute approximate surface area is 189 Å². The predicted molar refractivity (Wildman–Crippen MR) is 129 cm³/mol. The number of hydrogen-bond acceptors (Lipinski definition) is 4. The van der Waals surface area contributed by atoms with Gasteiger partial charge in [-0.2, -0.15) is 0 Å². The van der Waals surface area contributed by atoms with Crippen LogP contribution < -0.4 is 9.47 Å². The maximum Gasteiger partial charge on any atom is 0.140 e. The van der Waals surface area contributed by atoms with Crippen LogP contribution in [-0.2, 0) is 5.41 Å². The Bertz CT molecular complexity index is 1300. The maximum absolute atomic E-state index is 5.45. The molecule has 0 saturated heterocycles. The van der Waals surface area contributed by atoms with Crippen molar-refractivity contribution in [2.24, 2.45) is 0 Å². The normalized spacial score (nSPS) is 11.0. The third-order valence-corrected chi connectivity index (χ3v) is 5.27. The number of para-hydroxylation sites is 2. The standard InChI is InChI=1S/C28H26N2O2/c1-28(2,3)21-13-10-19(11-14-21)12-15-26-27(30-25-9-7-6-8-24(25)29-26)20-16-22(31-4)18-23(17-20)32-5/h6-11,13-14,16-18H,1-5H3. The lowest BCUT2D eigenvalue weighted by Crippen LogP contribution is -2.10. The highest BCUT2D eigenvalue weighted by Crippen LogP contribution is 2.31. The topological polar surface area (TPSA) is 44.2 Å². The van der Waals surface area contributed by atoms with Gasteiger partial charge in [0, 0.05) is 17.2 Å². The molecular formula is C28H26N2O2. The molecule has 1 heterocycles. The first-order valence-electron chi connectivity index (χ1n) is 10.5. The van der Waals surface area contributed by atoms with Crippen LogP contribution >= 0.6 is 0 Å². The molecule has 0 amide bonds. The molecule has 0 bridgehead atoms. The van der Waals surface area contributed by atoms with Crippen LogP contribution in [0.1, 0.15) is 37.6 Å². The predicted octanol–water partition coefficient (Wildman–Crippen LogP) is 6.01. The second-order valence-corrected chi connectivity index (χ2v) is 8.59. The highest BCUT2D eigenvalue weighted by Gasteiger charge is 2.14. The first-order chi connectivity index (χ1) is 15.4. The van der Waals surface area contributed by atoms with E-state index in [1.165, 1.54) is 5.56 Å². The van der Waals surface area contributed by atoms with Crippen LogP contribution in [-0.4, -0.2) is 24.2 Å². The van der Waals surface area contributed by atoms with Gasteiger partial charge >= 0.3 is 0 Å². The number of hydrogen-bond donors (Lipinski definition) is 0. The molecule has 4 nitrogen and oxygen atoms in total. The molecule has 160 valence electrons. The highest BCUT2D eigenvalue weighted by atomic mass is 16.5. The molecule has 4 rings (SSSR count). The summed E-state index contributed by atoms with van der Waals surface area (Å²) < 4.78 is 10.9. The van der Waals surface area contributed by atoms with E-state index in [1.54, 1.807) is 14.2 Å². The minimum Gasteiger partial charge on any atom is -0.497 e. The Hall–Kier alpha value is -3.84. The SMILES string of the molecule is COc1cc(OC)cc(-c2nc3ccccc3nc2C#Cc2ccc(C(C)(C)C)cc2)c1. The highest BCUT2D eigenvalue weighted by molar-refractivity contribution is 5.80. The van der Waals surface area contributed by atoms with E-state index in [1.807, 2.05) is 42.5 Å². The molecule has 0 saturated carbocycles. The maximum atomic E-state index is 5.45. The Morgan fingerprint density at radius 3 is 1.88 bits per heavy atom. The summed E-state index contributed by atoms with van der Waals surface area (Å²) in [5.41, 5.74) is 6.07. The molecule has 0 radical (unpaired) electrons. The lowest BCUT2D eigenvalue weighted by Gasteiger charge is -2.18. The number of fused-ring (bicyclic) bond motifs is 1. The molecule has 32 heavy (non-hydrogen) atoms. The molecule has 0 spiro atoms. The zero-order valence-electron chi connectivity index (χ0n) is 19.1. The largest absolute Gasteiger partial charge is 0.497 e. The lowest BCUT2D eigenvalue weighted by molar-refractivity contribution is 0.394. The summed E-state index contributed by atoms with van der Waals surface area (Å²) in [7, 11) is 3.26. The molecule has 0 atom stereocenters. The average molecular weight is 423 g/mol. The summed E-state index contributed by atoms with van der Waals surface area (Å²) in [5, 5.41) is 0. The molecule has 0 N–H and O–H groups in total. The van der Waals surface area contributed by atoms with Gasteiger partial charge < -0.3 is 9.47 Å². The van der Waals surface area contributed by atoms with Crippen LogP contribution in [0.25, 0.3) is 22.3 Å². The first-order valence-corrected chi connectivity index (χ1v) is 10.5. The van der Waals surface area contributed by atoms with Gasteiger partial charge in [-0.1, -0.05) is 51.0 Å². The van der Waals surface area contributed by atoms with Crippen molar-refractivity contribution in [3.63, 3.8) is 0 Å². The van der Waals surface area contributed by atoms with Crippen molar-refractivity contribution in [2.75, 3.05) is 14.2 Å². The Morgan fingerprint density at radius 1 is 0.719 bits per heavy atom. The van der Waals surface area contributed by atoms with E-state index in [-0.39, 0.29) is 5.41 Å². The molecule has 0 aliphatic heterocycles. The van der Waals surface area contributed by atoms with Crippen molar-refractivity contribution in [1.29, 1.82) is 0 Å². The smallest absolute Gasteiger partial charge is 0.140 e. The van der Waals surface area contributed by atoms with Gasteiger partial charge in [-0.3, -0.25) is 0 Å². The van der Waals surface area contributed by atoms with E-state index in [4.69, 9.17) is 19.4 Å². The Kier molecular flexibility index (Phi) is 5.83.